The molecule has 2 N–H and O–H groups in total. The highest BCUT2D eigenvalue weighted by Crippen LogP contribution is 2.30. The summed E-state index contributed by atoms with van der Waals surface area (Å²) in [6.07, 6.45) is 3.06. The minimum atomic E-state index is -5.23. The molecule has 0 spiro atoms. The molecule has 0 radical (unpaired) electrons. The van der Waals surface area contributed by atoms with Gasteiger partial charge in [0.1, 0.15) is 0 Å². The molecule has 0 bridgehead atoms. The lowest BCUT2D eigenvalue weighted by atomic mass is 9.97. The van der Waals surface area contributed by atoms with Gasteiger partial charge in [-0.2, -0.15) is 17.5 Å². The first-order valence-electron chi connectivity index (χ1n) is 9.90. The molecule has 2 rings (SSSR count). The van der Waals surface area contributed by atoms with Crippen molar-refractivity contribution in [2.45, 2.75) is 38.1 Å². The van der Waals surface area contributed by atoms with Crippen molar-refractivity contribution < 1.29 is 21.6 Å². The SMILES string of the molecule is CCNC(=NCC1CCN(S(=O)(=O)C(F)(F)F)CC1)NCC1CCN(C)CC1.I. The van der Waals surface area contributed by atoms with E-state index in [0.29, 0.717) is 35.6 Å². The molecule has 2 fully saturated rings. The standard InChI is InChI=1S/C17H32F3N5O2S.HI/c1-3-21-16(22-12-14-4-8-24(2)9-5-14)23-13-15-6-10-25(11-7-15)28(26,27)17(18,19)20;/h14-15H,3-13H2,1-2H3,(H2,21,22,23);1H. The Balaban J connectivity index is 0.00000420. The molecule has 0 atom stereocenters. The molecule has 0 aromatic rings. The average molecular weight is 555 g/mol. The van der Waals surface area contributed by atoms with Gasteiger partial charge in [-0.15, -0.1) is 24.0 Å². The lowest BCUT2D eigenvalue weighted by Crippen LogP contribution is -2.45. The van der Waals surface area contributed by atoms with E-state index in [-0.39, 0.29) is 43.0 Å². The van der Waals surface area contributed by atoms with Crippen molar-refractivity contribution in [2.75, 3.05) is 52.9 Å². The topological polar surface area (TPSA) is 77.0 Å². The number of guanidine groups is 1. The molecule has 2 saturated heterocycles. The Labute approximate surface area is 188 Å². The second kappa shape index (κ2) is 11.9. The van der Waals surface area contributed by atoms with Crippen molar-refractivity contribution >= 4 is 40.0 Å². The summed E-state index contributed by atoms with van der Waals surface area (Å²) >= 11 is 0. The van der Waals surface area contributed by atoms with Crippen molar-refractivity contribution in [3.05, 3.63) is 0 Å². The van der Waals surface area contributed by atoms with Crippen molar-refractivity contribution in [1.29, 1.82) is 0 Å². The smallest absolute Gasteiger partial charge is 0.357 e. The maximum atomic E-state index is 12.6. The Hall–Kier alpha value is -0.340. The van der Waals surface area contributed by atoms with E-state index in [1.165, 1.54) is 0 Å². The van der Waals surface area contributed by atoms with Crippen LogP contribution in [0.1, 0.15) is 32.6 Å². The number of halogens is 4. The largest absolute Gasteiger partial charge is 0.511 e. The summed E-state index contributed by atoms with van der Waals surface area (Å²) in [6.45, 7) is 6.00. The van der Waals surface area contributed by atoms with Crippen LogP contribution in [0.2, 0.25) is 0 Å². The second-order valence-corrected chi connectivity index (χ2v) is 9.57. The van der Waals surface area contributed by atoms with Crippen LogP contribution >= 0.6 is 24.0 Å². The lowest BCUT2D eigenvalue weighted by molar-refractivity contribution is -0.0496. The third kappa shape index (κ3) is 8.02. The van der Waals surface area contributed by atoms with Gasteiger partial charge in [0, 0.05) is 32.7 Å². The first-order valence-corrected chi connectivity index (χ1v) is 11.3. The Morgan fingerprint density at radius 1 is 1.03 bits per heavy atom. The van der Waals surface area contributed by atoms with Crippen molar-refractivity contribution in [1.82, 2.24) is 19.8 Å². The number of aliphatic imine (C=N–C) groups is 1. The molecule has 0 saturated carbocycles. The number of sulfonamides is 1. The summed E-state index contributed by atoms with van der Waals surface area (Å²) in [4.78, 5) is 6.89. The van der Waals surface area contributed by atoms with Gasteiger partial charge in [0.2, 0.25) is 0 Å². The first-order chi connectivity index (χ1) is 13.1. The van der Waals surface area contributed by atoms with Gasteiger partial charge in [0.15, 0.2) is 5.96 Å². The van der Waals surface area contributed by atoms with Gasteiger partial charge in [-0.05, 0) is 64.6 Å². The molecule has 0 amide bonds. The highest BCUT2D eigenvalue weighted by molar-refractivity contribution is 14.0. The zero-order valence-corrected chi connectivity index (χ0v) is 20.2. The molecule has 2 aliphatic heterocycles. The summed E-state index contributed by atoms with van der Waals surface area (Å²) in [5.41, 5.74) is -5.23. The van der Waals surface area contributed by atoms with Gasteiger partial charge in [-0.1, -0.05) is 0 Å². The van der Waals surface area contributed by atoms with Crippen LogP contribution in [-0.4, -0.2) is 82.0 Å². The number of hydrogen-bond donors (Lipinski definition) is 2. The van der Waals surface area contributed by atoms with E-state index >= 15 is 0 Å². The molecular formula is C17H33F3IN5O2S. The Morgan fingerprint density at radius 2 is 1.59 bits per heavy atom. The molecule has 0 aromatic carbocycles. The fourth-order valence-corrected chi connectivity index (χ4v) is 4.53. The number of alkyl halides is 3. The average Bonchev–Trinajstić information content (AvgIpc) is 2.65. The highest BCUT2D eigenvalue weighted by atomic mass is 127. The van der Waals surface area contributed by atoms with Crippen LogP contribution in [0.5, 0.6) is 0 Å². The normalized spacial score (nSPS) is 21.6. The highest BCUT2D eigenvalue weighted by Gasteiger charge is 2.50. The fraction of sp³-hybridized carbons (Fsp3) is 0.941. The fourth-order valence-electron chi connectivity index (χ4n) is 3.55. The zero-order chi connectivity index (χ0) is 20.8. The van der Waals surface area contributed by atoms with Crippen LogP contribution in [0.15, 0.2) is 4.99 Å². The van der Waals surface area contributed by atoms with E-state index in [2.05, 4.69) is 27.6 Å². The Kier molecular flexibility index (Phi) is 10.9. The van der Waals surface area contributed by atoms with Gasteiger partial charge in [0.05, 0.1) is 0 Å². The molecule has 12 heteroatoms. The van der Waals surface area contributed by atoms with E-state index in [4.69, 9.17) is 0 Å². The summed E-state index contributed by atoms with van der Waals surface area (Å²) in [5.74, 6) is 1.40. The first kappa shape index (κ1) is 26.7. The van der Waals surface area contributed by atoms with E-state index < -0.39 is 15.5 Å². The number of hydrogen-bond acceptors (Lipinski definition) is 4. The van der Waals surface area contributed by atoms with Gasteiger partial charge < -0.3 is 15.5 Å². The third-order valence-corrected chi connectivity index (χ3v) is 7.08. The van der Waals surface area contributed by atoms with E-state index in [1.54, 1.807) is 0 Å². The van der Waals surface area contributed by atoms with Crippen LogP contribution < -0.4 is 10.6 Å². The van der Waals surface area contributed by atoms with Crippen molar-refractivity contribution in [2.24, 2.45) is 16.8 Å². The molecule has 0 aromatic heterocycles. The van der Waals surface area contributed by atoms with Crippen molar-refractivity contribution in [3.63, 3.8) is 0 Å². The predicted octanol–water partition coefficient (Wildman–Crippen LogP) is 2.06. The molecule has 2 aliphatic rings. The zero-order valence-electron chi connectivity index (χ0n) is 17.0. The summed E-state index contributed by atoms with van der Waals surface area (Å²) in [5, 5.41) is 6.56. The Bertz CT molecular complexity index is 617. The maximum Gasteiger partial charge on any atom is 0.511 e. The third-order valence-electron chi connectivity index (χ3n) is 5.45. The van der Waals surface area contributed by atoms with Crippen LogP contribution in [0.25, 0.3) is 0 Å². The number of rotatable bonds is 6. The van der Waals surface area contributed by atoms with Crippen LogP contribution in [0.3, 0.4) is 0 Å². The maximum absolute atomic E-state index is 12.6. The van der Waals surface area contributed by atoms with Crippen LogP contribution in [0, 0.1) is 11.8 Å². The monoisotopic (exact) mass is 555 g/mol. The lowest BCUT2D eigenvalue weighted by Gasteiger charge is -2.31. The van der Waals surface area contributed by atoms with Crippen molar-refractivity contribution in [3.8, 4) is 0 Å². The molecule has 0 unspecified atom stereocenters. The molecule has 2 heterocycles. The summed E-state index contributed by atoms with van der Waals surface area (Å²) in [7, 11) is -3.09. The van der Waals surface area contributed by atoms with Gasteiger partial charge >= 0.3 is 15.5 Å². The number of likely N-dealkylation sites (tertiary alicyclic amines) is 1. The number of nitrogens with zero attached hydrogens (tertiary/aromatic N) is 3. The van der Waals surface area contributed by atoms with Gasteiger partial charge in [-0.25, -0.2) is 8.42 Å². The quantitative estimate of drug-likeness (QED) is 0.298. The molecule has 172 valence electrons. The van der Waals surface area contributed by atoms with Gasteiger partial charge in [-0.3, -0.25) is 4.99 Å². The molecule has 0 aliphatic carbocycles. The minimum Gasteiger partial charge on any atom is -0.357 e. The second-order valence-electron chi connectivity index (χ2n) is 7.64. The van der Waals surface area contributed by atoms with Crippen LogP contribution in [0.4, 0.5) is 13.2 Å². The van der Waals surface area contributed by atoms with E-state index in [9.17, 15) is 21.6 Å². The van der Waals surface area contributed by atoms with E-state index in [1.807, 2.05) is 6.92 Å². The molecule has 29 heavy (non-hydrogen) atoms. The van der Waals surface area contributed by atoms with Crippen LogP contribution in [-0.2, 0) is 10.0 Å². The minimum absolute atomic E-state index is 0. The van der Waals surface area contributed by atoms with E-state index in [0.717, 1.165) is 39.0 Å². The number of nitrogens with one attached hydrogen (secondary N) is 2. The summed E-state index contributed by atoms with van der Waals surface area (Å²) in [6, 6.07) is 0. The predicted molar refractivity (Wildman–Crippen MR) is 119 cm³/mol. The molecule has 7 nitrogen and oxygen atoms in total. The number of piperidine rings is 2. The molecular weight excluding hydrogens is 522 g/mol. The van der Waals surface area contributed by atoms with Gasteiger partial charge in [0.25, 0.3) is 0 Å². The summed E-state index contributed by atoms with van der Waals surface area (Å²) < 4.78 is 61.4. The Morgan fingerprint density at radius 3 is 2.10 bits per heavy atom.